The molecule has 0 fully saturated rings. The van der Waals surface area contributed by atoms with Crippen molar-refractivity contribution in [3.63, 3.8) is 0 Å². The smallest absolute Gasteiger partial charge is 0.197 e. The van der Waals surface area contributed by atoms with E-state index in [0.29, 0.717) is 17.0 Å². The minimum atomic E-state index is -0.348. The largest absolute Gasteiger partial charge is 0.288 e. The first-order valence-corrected chi connectivity index (χ1v) is 18.5. The molecule has 0 aliphatic heterocycles. The van der Waals surface area contributed by atoms with Gasteiger partial charge >= 0.3 is 0 Å². The maximum Gasteiger partial charge on any atom is 0.197 e. The molecule has 0 radical (unpaired) electrons. The number of ketones is 2. The molecule has 0 N–H and O–H groups in total. The molecular weight excluding hydrogens is 633 g/mol. The second kappa shape index (κ2) is 12.6. The van der Waals surface area contributed by atoms with Gasteiger partial charge in [0, 0.05) is 22.0 Å². The quantitative estimate of drug-likeness (QED) is 0.159. The van der Waals surface area contributed by atoms with Gasteiger partial charge in [-0.05, 0) is 109 Å². The Kier molecular flexibility index (Phi) is 8.10. The van der Waals surface area contributed by atoms with Gasteiger partial charge < -0.3 is 0 Å². The fraction of sp³-hybridized carbons (Fsp3) is 0.200. The van der Waals surface area contributed by atoms with E-state index in [0.717, 1.165) is 45.9 Å². The van der Waals surface area contributed by atoms with E-state index in [1.54, 1.807) is 6.08 Å². The highest BCUT2D eigenvalue weighted by atomic mass is 16.2. The van der Waals surface area contributed by atoms with Gasteiger partial charge in [-0.15, -0.1) is 0 Å². The number of fused-ring (bicyclic) bond motifs is 5. The van der Waals surface area contributed by atoms with Crippen molar-refractivity contribution in [3.05, 3.63) is 189 Å². The van der Waals surface area contributed by atoms with Crippen LogP contribution in [0.3, 0.4) is 0 Å². The molecule has 0 bridgehead atoms. The maximum absolute atomic E-state index is 13.7. The van der Waals surface area contributed by atoms with Crippen molar-refractivity contribution in [1.82, 2.24) is 0 Å². The maximum atomic E-state index is 13.7. The number of benzene rings is 4. The monoisotopic (exact) mass is 676 g/mol. The van der Waals surface area contributed by atoms with Gasteiger partial charge in [0.25, 0.3) is 0 Å². The van der Waals surface area contributed by atoms with Crippen LogP contribution in [-0.4, -0.2) is 11.6 Å². The second-order valence-electron chi connectivity index (χ2n) is 15.4. The van der Waals surface area contributed by atoms with Gasteiger partial charge in [0.2, 0.25) is 0 Å². The van der Waals surface area contributed by atoms with Gasteiger partial charge in [-0.3, -0.25) is 9.59 Å². The molecule has 52 heavy (non-hydrogen) atoms. The van der Waals surface area contributed by atoms with E-state index in [4.69, 9.17) is 0 Å². The lowest BCUT2D eigenvalue weighted by Crippen LogP contribution is -2.41. The zero-order chi connectivity index (χ0) is 36.4. The molecule has 4 aliphatic rings. The minimum Gasteiger partial charge on any atom is -0.288 e. The van der Waals surface area contributed by atoms with Crippen LogP contribution in [0.15, 0.2) is 150 Å². The van der Waals surface area contributed by atoms with E-state index in [2.05, 4.69) is 132 Å². The Morgan fingerprint density at radius 3 is 2.13 bits per heavy atom. The van der Waals surface area contributed by atoms with Gasteiger partial charge in [-0.25, -0.2) is 0 Å². The zero-order valence-electron chi connectivity index (χ0n) is 30.7. The number of hydrogen-bond donors (Lipinski definition) is 0. The standard InChI is InChI=1S/C50H44O2/c1-7-31(2)34-20-22-35(23-21-34)45-44-32(3)15-11-9-8-10-12-18-43(44)49(4,5)50(6)26-25-38-27-33(19-24-39(38)46(45)50)28-42-47(51)40-29-36-16-13-14-17-37(36)30-41(40)48(42)52/h8-9,11-31H,3,7,10H2,1-2,4-6H3/b9-8-,15-11-,18-12-. The van der Waals surface area contributed by atoms with Gasteiger partial charge in [0.1, 0.15) is 0 Å². The Hall–Kier alpha value is -5.60. The van der Waals surface area contributed by atoms with Crippen LogP contribution in [0.2, 0.25) is 0 Å². The third kappa shape index (κ3) is 5.15. The molecule has 0 heterocycles. The van der Waals surface area contributed by atoms with Crippen LogP contribution >= 0.6 is 0 Å². The summed E-state index contributed by atoms with van der Waals surface area (Å²) in [4.78, 5) is 27.3. The summed E-state index contributed by atoms with van der Waals surface area (Å²) in [5, 5.41) is 1.91. The van der Waals surface area contributed by atoms with Crippen LogP contribution in [-0.2, 0) is 0 Å². The predicted octanol–water partition coefficient (Wildman–Crippen LogP) is 12.7. The Labute approximate surface area is 307 Å². The van der Waals surface area contributed by atoms with Crippen LogP contribution in [0.1, 0.15) is 102 Å². The van der Waals surface area contributed by atoms with E-state index in [-0.39, 0.29) is 28.0 Å². The Balaban J connectivity index is 1.32. The molecule has 4 aromatic carbocycles. The SMILES string of the molecule is C=C1/C=C\C=C/C/C=C\C2=C1C(c1ccc(C(C)CC)cc1)=C1c3ccc(C=C4C(=O)c5cc6ccccc6cc5C4=O)cc3C=CC1(C)C2(C)C. The highest BCUT2D eigenvalue weighted by molar-refractivity contribution is 6.42. The van der Waals surface area contributed by atoms with Crippen molar-refractivity contribution in [3.8, 4) is 0 Å². The van der Waals surface area contributed by atoms with Crippen molar-refractivity contribution in [2.24, 2.45) is 10.8 Å². The number of rotatable bonds is 4. The average molecular weight is 677 g/mol. The third-order valence-electron chi connectivity index (χ3n) is 12.2. The number of carbonyl (C=O) groups excluding carboxylic acids is 2. The summed E-state index contributed by atoms with van der Waals surface area (Å²) in [6.07, 6.45) is 21.4. The first kappa shape index (κ1) is 33.5. The summed E-state index contributed by atoms with van der Waals surface area (Å²) < 4.78 is 0. The van der Waals surface area contributed by atoms with Crippen molar-refractivity contribution < 1.29 is 9.59 Å². The molecule has 0 saturated heterocycles. The van der Waals surface area contributed by atoms with Gasteiger partial charge in [0.05, 0.1) is 5.57 Å². The van der Waals surface area contributed by atoms with Crippen molar-refractivity contribution in [2.75, 3.05) is 0 Å². The molecule has 4 aromatic rings. The highest BCUT2D eigenvalue weighted by Gasteiger charge is 2.51. The van der Waals surface area contributed by atoms with Crippen LogP contribution in [0, 0.1) is 10.8 Å². The molecule has 0 amide bonds. The lowest BCUT2D eigenvalue weighted by Gasteiger charge is -2.52. The fourth-order valence-electron chi connectivity index (χ4n) is 8.53. The van der Waals surface area contributed by atoms with Crippen molar-refractivity contribution in [1.29, 1.82) is 0 Å². The fourth-order valence-corrected chi connectivity index (χ4v) is 8.53. The van der Waals surface area contributed by atoms with E-state index < -0.39 is 0 Å². The summed E-state index contributed by atoms with van der Waals surface area (Å²) in [6.45, 7) is 16.3. The van der Waals surface area contributed by atoms with Gasteiger partial charge in [-0.1, -0.05) is 150 Å². The van der Waals surface area contributed by atoms with Crippen LogP contribution in [0.5, 0.6) is 0 Å². The van der Waals surface area contributed by atoms with Gasteiger partial charge in [0.15, 0.2) is 11.6 Å². The van der Waals surface area contributed by atoms with E-state index in [1.165, 1.54) is 33.4 Å². The molecule has 2 unspecified atom stereocenters. The second-order valence-corrected chi connectivity index (χ2v) is 15.4. The third-order valence-corrected chi connectivity index (χ3v) is 12.2. The first-order chi connectivity index (χ1) is 25.0. The normalized spacial score (nSPS) is 22.8. The summed E-state index contributed by atoms with van der Waals surface area (Å²) >= 11 is 0. The molecule has 2 heteroatoms. The number of allylic oxidation sites excluding steroid dienone is 13. The molecule has 8 rings (SSSR count). The summed E-state index contributed by atoms with van der Waals surface area (Å²) in [5.41, 5.74) is 12.0. The van der Waals surface area contributed by atoms with E-state index in [1.807, 2.05) is 36.4 Å². The van der Waals surface area contributed by atoms with Crippen molar-refractivity contribution in [2.45, 2.75) is 53.4 Å². The Bertz CT molecular complexity index is 2390. The number of hydrogen-bond acceptors (Lipinski definition) is 2. The van der Waals surface area contributed by atoms with E-state index >= 15 is 0 Å². The minimum absolute atomic E-state index is 0.212. The van der Waals surface area contributed by atoms with Gasteiger partial charge in [-0.2, -0.15) is 0 Å². The molecule has 0 aromatic heterocycles. The van der Waals surface area contributed by atoms with E-state index in [9.17, 15) is 9.59 Å². The molecule has 256 valence electrons. The molecule has 2 atom stereocenters. The first-order valence-electron chi connectivity index (χ1n) is 18.5. The molecule has 2 nitrogen and oxygen atoms in total. The van der Waals surface area contributed by atoms with Crippen LogP contribution in [0.4, 0.5) is 0 Å². The summed E-state index contributed by atoms with van der Waals surface area (Å²) in [7, 11) is 0. The highest BCUT2D eigenvalue weighted by Crippen LogP contribution is 2.64. The number of carbonyl (C=O) groups is 2. The summed E-state index contributed by atoms with van der Waals surface area (Å²) in [6, 6.07) is 27.1. The summed E-state index contributed by atoms with van der Waals surface area (Å²) in [5.74, 6) is 0.0578. The molecule has 0 saturated carbocycles. The lowest BCUT2D eigenvalue weighted by molar-refractivity contribution is 0.0990. The average Bonchev–Trinajstić information content (AvgIpc) is 3.37. The zero-order valence-corrected chi connectivity index (χ0v) is 30.7. The lowest BCUT2D eigenvalue weighted by atomic mass is 9.50. The molecule has 4 aliphatic carbocycles. The van der Waals surface area contributed by atoms with Crippen molar-refractivity contribution >= 4 is 45.6 Å². The van der Waals surface area contributed by atoms with Crippen LogP contribution < -0.4 is 0 Å². The topological polar surface area (TPSA) is 34.1 Å². The van der Waals surface area contributed by atoms with Crippen LogP contribution in [0.25, 0.3) is 34.1 Å². The number of Topliss-reactive ketones (excluding diaryl/α,β-unsaturated/α-hetero) is 2. The Morgan fingerprint density at radius 1 is 0.769 bits per heavy atom. The molecular formula is C50H44O2. The Morgan fingerprint density at radius 2 is 1.46 bits per heavy atom. The predicted molar refractivity (Wildman–Crippen MR) is 218 cm³/mol. The molecule has 0 spiro atoms.